The van der Waals surface area contributed by atoms with Gasteiger partial charge in [-0.15, -0.1) is 0 Å². The Hall–Kier alpha value is -3.43. The number of alkyl carbamates (subject to hydrolysis) is 1. The van der Waals surface area contributed by atoms with Crippen LogP contribution in [0.4, 0.5) is 4.79 Å². The lowest BCUT2D eigenvalue weighted by Crippen LogP contribution is -2.59. The van der Waals surface area contributed by atoms with Gasteiger partial charge in [0.05, 0.1) is 19.3 Å². The number of carbonyl (C=O) groups excluding carboxylic acids is 2. The third kappa shape index (κ3) is 5.33. The van der Waals surface area contributed by atoms with E-state index in [-0.39, 0.29) is 31.4 Å². The molecular formula is C28H32N2O7. The topological polar surface area (TPSA) is 123 Å². The van der Waals surface area contributed by atoms with E-state index >= 15 is 0 Å². The summed E-state index contributed by atoms with van der Waals surface area (Å²) in [6, 6.07) is 14.6. The minimum atomic E-state index is -1.06. The molecule has 0 bridgehead atoms. The molecule has 1 aliphatic heterocycles. The second kappa shape index (κ2) is 10.9. The van der Waals surface area contributed by atoms with Crippen LogP contribution in [0.2, 0.25) is 0 Å². The van der Waals surface area contributed by atoms with Crippen molar-refractivity contribution in [1.29, 1.82) is 0 Å². The molecule has 2 amide bonds. The highest BCUT2D eigenvalue weighted by Crippen LogP contribution is 2.44. The summed E-state index contributed by atoms with van der Waals surface area (Å²) >= 11 is 0. The van der Waals surface area contributed by atoms with Crippen molar-refractivity contribution < 1.29 is 33.7 Å². The van der Waals surface area contributed by atoms with E-state index in [1.54, 1.807) is 0 Å². The molecule has 0 radical (unpaired) electrons. The number of ether oxygens (including phenoxy) is 3. The van der Waals surface area contributed by atoms with Crippen molar-refractivity contribution in [3.8, 4) is 11.1 Å². The number of fused-ring (bicyclic) bond motifs is 3. The first-order valence-corrected chi connectivity index (χ1v) is 12.9. The van der Waals surface area contributed by atoms with E-state index in [1.165, 1.54) is 0 Å². The number of hydrogen-bond acceptors (Lipinski definition) is 6. The van der Waals surface area contributed by atoms with Gasteiger partial charge in [0, 0.05) is 18.8 Å². The van der Waals surface area contributed by atoms with Crippen molar-refractivity contribution in [3.63, 3.8) is 0 Å². The lowest BCUT2D eigenvalue weighted by Gasteiger charge is -2.40. The van der Waals surface area contributed by atoms with Crippen molar-refractivity contribution in [3.05, 3.63) is 59.7 Å². The maximum absolute atomic E-state index is 13.2. The van der Waals surface area contributed by atoms with Crippen LogP contribution >= 0.6 is 0 Å². The van der Waals surface area contributed by atoms with Gasteiger partial charge in [0.25, 0.3) is 0 Å². The molecular weight excluding hydrogens is 476 g/mol. The first-order chi connectivity index (χ1) is 18.0. The van der Waals surface area contributed by atoms with Gasteiger partial charge >= 0.3 is 12.1 Å². The molecule has 2 aromatic carbocycles. The molecule has 2 atom stereocenters. The Morgan fingerprint density at radius 1 is 1.00 bits per heavy atom. The average Bonchev–Trinajstić information content (AvgIpc) is 3.50. The largest absolute Gasteiger partial charge is 0.481 e. The summed E-state index contributed by atoms with van der Waals surface area (Å²) in [6.45, 7) is 1.03. The number of benzene rings is 2. The predicted molar refractivity (Wildman–Crippen MR) is 134 cm³/mol. The van der Waals surface area contributed by atoms with Gasteiger partial charge in [-0.2, -0.15) is 0 Å². The minimum Gasteiger partial charge on any atom is -0.481 e. The van der Waals surface area contributed by atoms with Crippen LogP contribution in [0.15, 0.2) is 48.5 Å². The number of carbonyl (C=O) groups is 3. The monoisotopic (exact) mass is 508 g/mol. The molecule has 9 heteroatoms. The third-order valence-electron chi connectivity index (χ3n) is 7.49. The van der Waals surface area contributed by atoms with E-state index in [4.69, 9.17) is 14.2 Å². The number of rotatable bonds is 8. The van der Waals surface area contributed by atoms with Crippen molar-refractivity contribution in [2.75, 3.05) is 19.8 Å². The molecule has 196 valence electrons. The Kier molecular flexibility index (Phi) is 7.43. The average molecular weight is 509 g/mol. The van der Waals surface area contributed by atoms with Gasteiger partial charge in [-0.05, 0) is 41.5 Å². The van der Waals surface area contributed by atoms with Crippen LogP contribution < -0.4 is 10.6 Å². The maximum Gasteiger partial charge on any atom is 0.407 e. The molecule has 3 N–H and O–H groups in total. The minimum absolute atomic E-state index is 0.0627. The fourth-order valence-electron chi connectivity index (χ4n) is 5.70. The first-order valence-electron chi connectivity index (χ1n) is 12.9. The number of carboxylic acids is 1. The van der Waals surface area contributed by atoms with Crippen LogP contribution in [0.3, 0.4) is 0 Å². The summed E-state index contributed by atoms with van der Waals surface area (Å²) in [6.07, 6.45) is 2.11. The smallest absolute Gasteiger partial charge is 0.407 e. The second-order valence-corrected chi connectivity index (χ2v) is 9.77. The molecule has 2 aromatic rings. The summed E-state index contributed by atoms with van der Waals surface area (Å²) < 4.78 is 17.3. The highest BCUT2D eigenvalue weighted by atomic mass is 16.7. The number of carboxylic acid groups (broad SMARTS) is 1. The maximum atomic E-state index is 13.2. The lowest BCUT2D eigenvalue weighted by molar-refractivity contribution is -0.196. The van der Waals surface area contributed by atoms with Crippen molar-refractivity contribution in [2.24, 2.45) is 0 Å². The van der Waals surface area contributed by atoms with Crippen LogP contribution in [0.25, 0.3) is 11.1 Å². The van der Waals surface area contributed by atoms with E-state index in [0.717, 1.165) is 35.1 Å². The van der Waals surface area contributed by atoms with Gasteiger partial charge in [0.1, 0.15) is 12.6 Å². The second-order valence-electron chi connectivity index (χ2n) is 9.77. The van der Waals surface area contributed by atoms with Crippen LogP contribution in [-0.2, 0) is 23.8 Å². The number of amides is 2. The van der Waals surface area contributed by atoms with Gasteiger partial charge in [-0.3, -0.25) is 9.59 Å². The molecule has 3 aliphatic rings. The molecule has 1 saturated heterocycles. The Bertz CT molecular complexity index is 1120. The Morgan fingerprint density at radius 2 is 1.65 bits per heavy atom. The van der Waals surface area contributed by atoms with Gasteiger partial charge in [-0.25, -0.2) is 4.79 Å². The SMILES string of the molecule is O=C(O)CCC(NC(=O)OCC1c2ccccc2-c2ccccc21)C(=O)NC1CCCCC12OCCO2. The summed E-state index contributed by atoms with van der Waals surface area (Å²) in [5.74, 6) is -2.50. The number of hydrogen-bond donors (Lipinski definition) is 3. The summed E-state index contributed by atoms with van der Waals surface area (Å²) in [4.78, 5) is 37.2. The molecule has 9 nitrogen and oxygen atoms in total. The number of nitrogens with one attached hydrogen (secondary N) is 2. The fourth-order valence-corrected chi connectivity index (χ4v) is 5.70. The zero-order valence-electron chi connectivity index (χ0n) is 20.6. The first kappa shape index (κ1) is 25.2. The quantitative estimate of drug-likeness (QED) is 0.498. The molecule has 0 aromatic heterocycles. The zero-order chi connectivity index (χ0) is 25.8. The standard InChI is InChI=1S/C28H32N2O7/c31-25(32)13-12-23(26(33)30-24-11-5-6-14-28(24)36-15-16-37-28)29-27(34)35-17-22-20-9-3-1-7-18(20)19-8-2-4-10-21(19)22/h1-4,7-10,22-24H,5-6,11-17H2,(H,29,34)(H,30,33)(H,31,32). The van der Waals surface area contributed by atoms with Crippen LogP contribution in [0.1, 0.15) is 55.6 Å². The van der Waals surface area contributed by atoms with E-state index in [1.807, 2.05) is 36.4 Å². The molecule has 1 heterocycles. The number of aliphatic carboxylic acids is 1. The van der Waals surface area contributed by atoms with Crippen LogP contribution in [0.5, 0.6) is 0 Å². The van der Waals surface area contributed by atoms with Gasteiger partial charge in [0.2, 0.25) is 5.91 Å². The van der Waals surface area contributed by atoms with Crippen molar-refractivity contribution in [1.82, 2.24) is 10.6 Å². The third-order valence-corrected chi connectivity index (χ3v) is 7.49. The van der Waals surface area contributed by atoms with E-state index in [0.29, 0.717) is 26.1 Å². The predicted octanol–water partition coefficient (Wildman–Crippen LogP) is 3.56. The highest BCUT2D eigenvalue weighted by Gasteiger charge is 2.47. The molecule has 2 aliphatic carbocycles. The summed E-state index contributed by atoms with van der Waals surface area (Å²) in [5.41, 5.74) is 4.39. The Morgan fingerprint density at radius 3 is 2.30 bits per heavy atom. The van der Waals surface area contributed by atoms with Gasteiger partial charge in [-0.1, -0.05) is 55.0 Å². The lowest BCUT2D eigenvalue weighted by atomic mass is 9.88. The molecule has 1 spiro atoms. The van der Waals surface area contributed by atoms with Crippen molar-refractivity contribution in [2.45, 2.75) is 62.3 Å². The fraction of sp³-hybridized carbons (Fsp3) is 0.464. The van der Waals surface area contributed by atoms with E-state index < -0.39 is 29.8 Å². The van der Waals surface area contributed by atoms with E-state index in [9.17, 15) is 19.5 Å². The Labute approximate surface area is 215 Å². The summed E-state index contributed by atoms with van der Waals surface area (Å²) in [7, 11) is 0. The van der Waals surface area contributed by atoms with Gasteiger partial charge in [0.15, 0.2) is 5.79 Å². The molecule has 5 rings (SSSR count). The van der Waals surface area contributed by atoms with Crippen LogP contribution in [-0.4, -0.2) is 60.8 Å². The van der Waals surface area contributed by atoms with Gasteiger partial charge < -0.3 is 30.0 Å². The van der Waals surface area contributed by atoms with Crippen LogP contribution in [0, 0.1) is 0 Å². The molecule has 2 fully saturated rings. The van der Waals surface area contributed by atoms with E-state index in [2.05, 4.69) is 22.8 Å². The highest BCUT2D eigenvalue weighted by molar-refractivity contribution is 5.86. The molecule has 37 heavy (non-hydrogen) atoms. The Balaban J connectivity index is 1.24. The summed E-state index contributed by atoms with van der Waals surface area (Å²) in [5, 5.41) is 14.7. The van der Waals surface area contributed by atoms with Crippen molar-refractivity contribution >= 4 is 18.0 Å². The zero-order valence-corrected chi connectivity index (χ0v) is 20.6. The molecule has 1 saturated carbocycles. The molecule has 2 unspecified atom stereocenters. The normalized spacial score (nSPS) is 20.6.